The highest BCUT2D eigenvalue weighted by atomic mass is 32.2. The smallest absolute Gasteiger partial charge is 0.319 e. The Morgan fingerprint density at radius 1 is 1.21 bits per heavy atom. The summed E-state index contributed by atoms with van der Waals surface area (Å²) in [6, 6.07) is 7.23. The van der Waals surface area contributed by atoms with Crippen LogP contribution >= 0.6 is 11.3 Å². The zero-order valence-corrected chi connectivity index (χ0v) is 27.5. The first-order valence-electron chi connectivity index (χ1n) is 14.7. The molecule has 2 aromatic rings. The van der Waals surface area contributed by atoms with E-state index < -0.39 is 28.2 Å². The van der Waals surface area contributed by atoms with Gasteiger partial charge in [-0.3, -0.25) is 4.79 Å². The molecule has 0 spiro atoms. The lowest BCUT2D eigenvalue weighted by Crippen LogP contribution is -2.48. The lowest BCUT2D eigenvalue weighted by molar-refractivity contribution is -0.00832. The number of amides is 3. The molecule has 1 aliphatic heterocycles. The van der Waals surface area contributed by atoms with Crippen molar-refractivity contribution in [2.24, 2.45) is 5.92 Å². The molecule has 0 saturated heterocycles. The lowest BCUT2D eigenvalue weighted by Gasteiger charge is -2.35. The number of carbonyl (C=O) groups excluding carboxylic acids is 2. The number of hydrogen-bond acceptors (Lipinski definition) is 8. The van der Waals surface area contributed by atoms with Gasteiger partial charge in [-0.1, -0.05) is 13.0 Å². The number of thiophene rings is 1. The summed E-state index contributed by atoms with van der Waals surface area (Å²) in [4.78, 5) is 28.1. The number of benzene rings is 1. The molecule has 2 heterocycles. The van der Waals surface area contributed by atoms with Gasteiger partial charge in [-0.2, -0.15) is 4.31 Å². The summed E-state index contributed by atoms with van der Waals surface area (Å²) in [5.41, 5.74) is 0.683. The fourth-order valence-electron chi connectivity index (χ4n) is 4.81. The molecule has 4 atom stereocenters. The van der Waals surface area contributed by atoms with E-state index in [0.29, 0.717) is 18.0 Å². The summed E-state index contributed by atoms with van der Waals surface area (Å²) >= 11 is 1.16. The Morgan fingerprint density at radius 2 is 1.95 bits per heavy atom. The van der Waals surface area contributed by atoms with Crippen molar-refractivity contribution < 1.29 is 32.6 Å². The highest BCUT2D eigenvalue weighted by Crippen LogP contribution is 2.29. The first kappa shape index (κ1) is 34.8. The Kier molecular flexibility index (Phi) is 12.8. The molecular weight excluding hydrogens is 592 g/mol. The van der Waals surface area contributed by atoms with E-state index in [4.69, 9.17) is 9.47 Å². The maximum absolute atomic E-state index is 14.2. The summed E-state index contributed by atoms with van der Waals surface area (Å²) in [5.74, 6) is -0.274. The quantitative estimate of drug-likeness (QED) is 0.390. The van der Waals surface area contributed by atoms with Crippen LogP contribution < -0.4 is 15.4 Å². The number of likely N-dealkylation sites (N-methyl/N-ethyl adjacent to an activating group) is 1. The third-order valence-electron chi connectivity index (χ3n) is 7.33. The van der Waals surface area contributed by atoms with Gasteiger partial charge >= 0.3 is 6.03 Å². The molecule has 0 aliphatic carbocycles. The Morgan fingerprint density at radius 3 is 2.60 bits per heavy atom. The van der Waals surface area contributed by atoms with Crippen LogP contribution in [0.3, 0.4) is 0 Å². The molecule has 3 amide bonds. The first-order chi connectivity index (χ1) is 20.3. The molecular formula is C30H46N4O7S2. The molecule has 1 aliphatic rings. The number of anilines is 1. The van der Waals surface area contributed by atoms with E-state index in [1.165, 1.54) is 11.4 Å². The number of nitrogens with zero attached hydrogens (tertiary/aromatic N) is 2. The monoisotopic (exact) mass is 638 g/mol. The molecule has 11 nitrogen and oxygen atoms in total. The molecule has 1 aromatic heterocycles. The zero-order valence-electron chi connectivity index (χ0n) is 25.9. The topological polar surface area (TPSA) is 138 Å². The van der Waals surface area contributed by atoms with Gasteiger partial charge < -0.3 is 30.1 Å². The van der Waals surface area contributed by atoms with Crippen molar-refractivity contribution >= 4 is 39.0 Å². The summed E-state index contributed by atoms with van der Waals surface area (Å²) in [5, 5.41) is 17.4. The fraction of sp³-hybridized carbons (Fsp3) is 0.600. The van der Waals surface area contributed by atoms with Gasteiger partial charge in [0.15, 0.2) is 0 Å². The third kappa shape index (κ3) is 9.64. The summed E-state index contributed by atoms with van der Waals surface area (Å²) in [7, 11) is -2.16. The highest BCUT2D eigenvalue weighted by molar-refractivity contribution is 7.91. The standard InChI is InChI=1S/C30H46N4O7S2/c1-20(2)31-30(37)32-24-12-13-26-25(16-24)29(36)34(22(4)19-35)17-21(3)27(40-14-8-7-10-23(5)41-26)18-33(6)43(38,39)28-11-9-15-42-28/h9,11-13,15-16,20-23,27,35H,7-8,10,14,17-19H2,1-6H3,(H2,31,32,37)/t21-,22+,23-,27-/m0/s1. The largest absolute Gasteiger partial charge is 0.490 e. The molecule has 43 heavy (non-hydrogen) atoms. The normalized spacial score (nSPS) is 21.6. The van der Waals surface area contributed by atoms with Gasteiger partial charge in [0.1, 0.15) is 9.96 Å². The Hall–Kier alpha value is -2.71. The van der Waals surface area contributed by atoms with E-state index in [1.807, 2.05) is 27.7 Å². The summed E-state index contributed by atoms with van der Waals surface area (Å²) in [6.07, 6.45) is 1.59. The molecule has 3 rings (SSSR count). The van der Waals surface area contributed by atoms with Gasteiger partial charge in [0.05, 0.1) is 30.4 Å². The molecule has 0 radical (unpaired) electrons. The summed E-state index contributed by atoms with van der Waals surface area (Å²) in [6.45, 7) is 9.75. The van der Waals surface area contributed by atoms with Crippen LogP contribution in [0.1, 0.15) is 64.2 Å². The van der Waals surface area contributed by atoms with Gasteiger partial charge in [-0.25, -0.2) is 13.2 Å². The second-order valence-electron chi connectivity index (χ2n) is 11.5. The van der Waals surface area contributed by atoms with Crippen molar-refractivity contribution in [1.82, 2.24) is 14.5 Å². The maximum atomic E-state index is 14.2. The molecule has 240 valence electrons. The number of urea groups is 1. The number of aliphatic hydroxyl groups is 1. The van der Waals surface area contributed by atoms with Gasteiger partial charge in [0.25, 0.3) is 15.9 Å². The molecule has 0 saturated carbocycles. The third-order valence-corrected chi connectivity index (χ3v) is 10.5. The molecule has 0 bridgehead atoms. The fourth-order valence-corrected chi connectivity index (χ4v) is 7.19. The van der Waals surface area contributed by atoms with Crippen LogP contribution in [0.25, 0.3) is 0 Å². The number of hydrogen-bond donors (Lipinski definition) is 3. The average Bonchev–Trinajstić information content (AvgIpc) is 3.50. The number of ether oxygens (including phenoxy) is 2. The van der Waals surface area contributed by atoms with Crippen molar-refractivity contribution in [3.63, 3.8) is 0 Å². The predicted octanol–water partition coefficient (Wildman–Crippen LogP) is 4.39. The molecule has 13 heteroatoms. The number of rotatable bonds is 8. The van der Waals surface area contributed by atoms with Crippen LogP contribution in [0.15, 0.2) is 39.9 Å². The van der Waals surface area contributed by atoms with Crippen molar-refractivity contribution in [2.75, 3.05) is 38.7 Å². The predicted molar refractivity (Wildman–Crippen MR) is 168 cm³/mol. The summed E-state index contributed by atoms with van der Waals surface area (Å²) < 4.78 is 40.4. The van der Waals surface area contributed by atoms with E-state index in [9.17, 15) is 23.1 Å². The van der Waals surface area contributed by atoms with E-state index >= 15 is 0 Å². The van der Waals surface area contributed by atoms with Gasteiger partial charge in [-0.15, -0.1) is 11.3 Å². The van der Waals surface area contributed by atoms with Gasteiger partial charge in [0.2, 0.25) is 0 Å². The van der Waals surface area contributed by atoms with Crippen LogP contribution in [0.4, 0.5) is 10.5 Å². The van der Waals surface area contributed by atoms with E-state index in [1.54, 1.807) is 47.5 Å². The molecule has 1 aromatic carbocycles. The van der Waals surface area contributed by atoms with Crippen molar-refractivity contribution in [3.05, 3.63) is 41.3 Å². The minimum absolute atomic E-state index is 0.0694. The van der Waals surface area contributed by atoms with Crippen LogP contribution in [-0.4, -0.2) is 92.3 Å². The highest BCUT2D eigenvalue weighted by Gasteiger charge is 2.32. The minimum atomic E-state index is -3.70. The lowest BCUT2D eigenvalue weighted by atomic mass is 10.0. The van der Waals surface area contributed by atoms with Crippen LogP contribution in [0, 0.1) is 5.92 Å². The Balaban J connectivity index is 1.96. The second-order valence-corrected chi connectivity index (χ2v) is 14.7. The number of aliphatic hydroxyl groups excluding tert-OH is 1. The van der Waals surface area contributed by atoms with E-state index in [-0.39, 0.29) is 53.4 Å². The number of carbonyl (C=O) groups is 2. The van der Waals surface area contributed by atoms with Gasteiger partial charge in [-0.05, 0) is 76.6 Å². The maximum Gasteiger partial charge on any atom is 0.319 e. The average molecular weight is 639 g/mol. The number of nitrogens with one attached hydrogen (secondary N) is 2. The Labute approximate surface area is 259 Å². The number of fused-ring (bicyclic) bond motifs is 1. The first-order valence-corrected chi connectivity index (χ1v) is 17.1. The van der Waals surface area contributed by atoms with Gasteiger partial charge in [0, 0.05) is 44.4 Å². The zero-order chi connectivity index (χ0) is 31.7. The van der Waals surface area contributed by atoms with Crippen LogP contribution in [0.5, 0.6) is 5.75 Å². The second kappa shape index (κ2) is 15.8. The van der Waals surface area contributed by atoms with Crippen molar-refractivity contribution in [1.29, 1.82) is 0 Å². The molecule has 3 N–H and O–H groups in total. The van der Waals surface area contributed by atoms with E-state index in [2.05, 4.69) is 10.6 Å². The van der Waals surface area contributed by atoms with Crippen molar-refractivity contribution in [3.8, 4) is 5.75 Å². The minimum Gasteiger partial charge on any atom is -0.490 e. The SMILES string of the molecule is CC(C)NC(=O)Nc1ccc2c(c1)C(=O)N([C@H](C)CO)C[C@H](C)[C@H](CN(C)S(=O)(=O)c1cccs1)OCCCC[C@H](C)O2. The van der Waals surface area contributed by atoms with E-state index in [0.717, 1.165) is 30.6 Å². The van der Waals surface area contributed by atoms with Crippen molar-refractivity contribution in [2.45, 2.75) is 82.4 Å². The molecule has 0 fully saturated rings. The van der Waals surface area contributed by atoms with Crippen LogP contribution in [-0.2, 0) is 14.8 Å². The van der Waals surface area contributed by atoms with Crippen LogP contribution in [0.2, 0.25) is 0 Å². The number of sulfonamides is 1. The molecule has 0 unspecified atom stereocenters. The Bertz CT molecular complexity index is 1300.